The van der Waals surface area contributed by atoms with E-state index in [-0.39, 0.29) is 28.4 Å². The summed E-state index contributed by atoms with van der Waals surface area (Å²) in [7, 11) is 0. The predicted molar refractivity (Wildman–Crippen MR) is 135 cm³/mol. The van der Waals surface area contributed by atoms with Crippen molar-refractivity contribution in [2.24, 2.45) is 23.5 Å². The Morgan fingerprint density at radius 1 is 1.03 bits per heavy atom. The fraction of sp³-hybridized carbons (Fsp3) is 0.885. The number of nitrogens with two attached hydrogens (primary N) is 1. The van der Waals surface area contributed by atoms with Crippen LogP contribution in [-0.2, 0) is 14.4 Å². The molecule has 1 unspecified atom stereocenters. The number of rotatable bonds is 14. The molecule has 1 amide bonds. The molecule has 1 heterocycles. The first-order valence-corrected chi connectivity index (χ1v) is 13.6. The maximum atomic E-state index is 13.1. The molecular formula is C26H49N4O5+. The van der Waals surface area contributed by atoms with Crippen LogP contribution in [0.4, 0.5) is 0 Å². The lowest BCUT2D eigenvalue weighted by molar-refractivity contribution is -0.976. The lowest BCUT2D eigenvalue weighted by Gasteiger charge is -2.43. The fourth-order valence-corrected chi connectivity index (χ4v) is 6.01. The van der Waals surface area contributed by atoms with Gasteiger partial charge in [0.2, 0.25) is 11.9 Å². The van der Waals surface area contributed by atoms with Crippen molar-refractivity contribution in [3.8, 4) is 0 Å². The number of carboxylic acids is 2. The highest BCUT2D eigenvalue weighted by molar-refractivity contribution is 5.81. The number of aliphatic carboxylic acids is 2. The molecule has 0 aromatic rings. The van der Waals surface area contributed by atoms with Gasteiger partial charge >= 0.3 is 11.9 Å². The van der Waals surface area contributed by atoms with Crippen LogP contribution in [0.2, 0.25) is 0 Å². The first kappa shape index (κ1) is 29.5. The second kappa shape index (κ2) is 13.6. The number of carbonyl (C=O) groups is 3. The molecule has 0 spiro atoms. The summed E-state index contributed by atoms with van der Waals surface area (Å²) in [6.45, 7) is 8.76. The topological polar surface area (TPSA) is 142 Å². The minimum Gasteiger partial charge on any atom is -0.480 e. The highest BCUT2D eigenvalue weighted by Gasteiger charge is 2.51. The highest BCUT2D eigenvalue weighted by Crippen LogP contribution is 2.29. The summed E-state index contributed by atoms with van der Waals surface area (Å²) >= 11 is 0. The van der Waals surface area contributed by atoms with E-state index in [0.29, 0.717) is 51.1 Å². The maximum absolute atomic E-state index is 13.1. The van der Waals surface area contributed by atoms with E-state index in [9.17, 15) is 24.6 Å². The van der Waals surface area contributed by atoms with Gasteiger partial charge in [0.1, 0.15) is 6.54 Å². The Morgan fingerprint density at radius 2 is 1.69 bits per heavy atom. The average Bonchev–Trinajstić information content (AvgIpc) is 3.20. The summed E-state index contributed by atoms with van der Waals surface area (Å²) in [4.78, 5) is 37.5. The zero-order chi connectivity index (χ0) is 26.2. The van der Waals surface area contributed by atoms with Crippen LogP contribution in [0, 0.1) is 17.8 Å². The van der Waals surface area contributed by atoms with Crippen molar-refractivity contribution >= 4 is 17.8 Å². The monoisotopic (exact) mass is 497 g/mol. The second-order valence-corrected chi connectivity index (χ2v) is 11.4. The summed E-state index contributed by atoms with van der Waals surface area (Å²) in [5, 5.41) is 23.1. The highest BCUT2D eigenvalue weighted by atomic mass is 16.4. The van der Waals surface area contributed by atoms with Gasteiger partial charge in [0.25, 0.3) is 0 Å². The lowest BCUT2D eigenvalue weighted by Crippen LogP contribution is -2.71. The van der Waals surface area contributed by atoms with Crippen molar-refractivity contribution < 1.29 is 29.2 Å². The summed E-state index contributed by atoms with van der Waals surface area (Å²) in [6.07, 6.45) is 9.02. The van der Waals surface area contributed by atoms with Crippen molar-refractivity contribution in [2.75, 3.05) is 13.1 Å². The number of hydrogen-bond acceptors (Lipinski definition) is 5. The quantitative estimate of drug-likeness (QED) is 0.232. The van der Waals surface area contributed by atoms with Gasteiger partial charge in [0.05, 0.1) is 18.6 Å². The molecular weight excluding hydrogens is 448 g/mol. The van der Waals surface area contributed by atoms with Gasteiger partial charge in [-0.15, -0.1) is 0 Å². The molecule has 0 bridgehead atoms. The Balaban J connectivity index is 2.23. The Bertz CT molecular complexity index is 712. The molecule has 1 saturated heterocycles. The molecule has 35 heavy (non-hydrogen) atoms. The van der Waals surface area contributed by atoms with Gasteiger partial charge in [0.15, 0.2) is 6.04 Å². The Labute approximate surface area is 210 Å². The minimum atomic E-state index is -0.980. The molecule has 1 aliphatic carbocycles. The van der Waals surface area contributed by atoms with Crippen LogP contribution >= 0.6 is 0 Å². The van der Waals surface area contributed by atoms with Crippen LogP contribution in [0.3, 0.4) is 0 Å². The van der Waals surface area contributed by atoms with Gasteiger partial charge in [-0.1, -0.05) is 66.2 Å². The largest absolute Gasteiger partial charge is 0.480 e. The standard InChI is InChI=1S/C26H48N4O5/c1-5-18(4)23(26(34)35)29-30(13-9-12-22(30)25(32)33)16-20(14-17(2)3)28-24(31)21(27)15-19-10-7-6-8-11-19/h17-23,29H,5-16,27H2,1-4H3,(H2-,28,31,32,33,34,35)/p+1/t18-,20-,21-,22-,23-,30?/m0/s1. The second-order valence-electron chi connectivity index (χ2n) is 11.4. The Kier molecular flexibility index (Phi) is 11.4. The van der Waals surface area contributed by atoms with Gasteiger partial charge < -0.3 is 21.3 Å². The molecule has 1 aliphatic heterocycles. The van der Waals surface area contributed by atoms with Crippen molar-refractivity contribution in [1.29, 1.82) is 0 Å². The van der Waals surface area contributed by atoms with Crippen LogP contribution in [0.15, 0.2) is 0 Å². The zero-order valence-corrected chi connectivity index (χ0v) is 22.2. The Morgan fingerprint density at radius 3 is 2.23 bits per heavy atom. The maximum Gasteiger partial charge on any atom is 0.364 e. The number of carboxylic acid groups (broad SMARTS) is 2. The smallest absolute Gasteiger partial charge is 0.364 e. The van der Waals surface area contributed by atoms with Gasteiger partial charge in [-0.2, -0.15) is 5.43 Å². The average molecular weight is 498 g/mol. The number of quaternary nitrogens is 1. The summed E-state index contributed by atoms with van der Waals surface area (Å²) in [6, 6.07) is -2.53. The molecule has 6 atom stereocenters. The SMILES string of the molecule is CC[C@H](C)[C@H](N[N+]1(C[C@H](CC(C)C)NC(=O)[C@@H](N)CC2CCCCC2)CCC[C@H]1C(=O)O)C(=O)O. The molecule has 9 nitrogen and oxygen atoms in total. The number of hydrogen-bond donors (Lipinski definition) is 5. The number of nitrogens with one attached hydrogen (secondary N) is 2. The first-order chi connectivity index (χ1) is 16.5. The van der Waals surface area contributed by atoms with Crippen LogP contribution in [0.5, 0.6) is 0 Å². The normalized spacial score (nSPS) is 26.7. The summed E-state index contributed by atoms with van der Waals surface area (Å²) in [5.41, 5.74) is 9.57. The third-order valence-electron chi connectivity index (χ3n) is 8.09. The lowest BCUT2D eigenvalue weighted by atomic mass is 9.85. The van der Waals surface area contributed by atoms with Gasteiger partial charge in [0, 0.05) is 12.8 Å². The van der Waals surface area contributed by atoms with Crippen molar-refractivity contribution in [2.45, 2.75) is 116 Å². The Hall–Kier alpha value is -1.71. The summed E-state index contributed by atoms with van der Waals surface area (Å²) < 4.78 is -0.0355. The van der Waals surface area contributed by atoms with E-state index < -0.39 is 30.1 Å². The van der Waals surface area contributed by atoms with Crippen molar-refractivity contribution in [3.05, 3.63) is 0 Å². The molecule has 9 heteroatoms. The molecule has 202 valence electrons. The molecule has 0 radical (unpaired) electrons. The van der Waals surface area contributed by atoms with Gasteiger partial charge in [-0.05, 0) is 30.6 Å². The molecule has 2 rings (SSSR count). The first-order valence-electron chi connectivity index (χ1n) is 13.6. The van der Waals surface area contributed by atoms with Crippen LogP contribution in [0.1, 0.15) is 91.9 Å². The van der Waals surface area contributed by atoms with E-state index in [1.807, 2.05) is 13.8 Å². The number of carbonyl (C=O) groups excluding carboxylic acids is 1. The van der Waals surface area contributed by atoms with E-state index in [2.05, 4.69) is 24.6 Å². The van der Waals surface area contributed by atoms with E-state index in [1.54, 1.807) is 0 Å². The van der Waals surface area contributed by atoms with Crippen LogP contribution in [0.25, 0.3) is 0 Å². The van der Waals surface area contributed by atoms with E-state index in [0.717, 1.165) is 12.8 Å². The van der Waals surface area contributed by atoms with Gasteiger partial charge in [-0.25, -0.2) is 9.39 Å². The van der Waals surface area contributed by atoms with Gasteiger partial charge in [-0.3, -0.25) is 9.59 Å². The molecule has 2 aliphatic rings. The number of likely N-dealkylation sites (tertiary alicyclic amines) is 1. The van der Waals surface area contributed by atoms with Crippen LogP contribution < -0.4 is 16.5 Å². The van der Waals surface area contributed by atoms with E-state index in [1.165, 1.54) is 19.3 Å². The molecule has 0 aromatic carbocycles. The minimum absolute atomic E-state index is 0.0355. The van der Waals surface area contributed by atoms with Crippen molar-refractivity contribution in [1.82, 2.24) is 10.7 Å². The molecule has 0 aromatic heterocycles. The summed E-state index contributed by atoms with van der Waals surface area (Å²) in [5.74, 6) is -1.53. The third-order valence-corrected chi connectivity index (χ3v) is 8.09. The van der Waals surface area contributed by atoms with E-state index >= 15 is 0 Å². The fourth-order valence-electron chi connectivity index (χ4n) is 6.01. The number of amides is 1. The molecule has 6 N–H and O–H groups in total. The van der Waals surface area contributed by atoms with Crippen LogP contribution in [-0.4, -0.2) is 69.9 Å². The zero-order valence-electron chi connectivity index (χ0n) is 22.2. The predicted octanol–water partition coefficient (Wildman–Crippen LogP) is 2.88. The number of nitrogens with zero attached hydrogens (tertiary/aromatic N) is 1. The van der Waals surface area contributed by atoms with Crippen molar-refractivity contribution in [3.63, 3.8) is 0 Å². The van der Waals surface area contributed by atoms with E-state index in [4.69, 9.17) is 5.73 Å². The third kappa shape index (κ3) is 8.43. The molecule has 1 saturated carbocycles. The molecule has 2 fully saturated rings.